The van der Waals surface area contributed by atoms with Crippen LogP contribution in [0.5, 0.6) is 0 Å². The number of carbonyl (C=O) groups is 1. The number of ketones is 1. The van der Waals surface area contributed by atoms with Crippen molar-refractivity contribution < 1.29 is 18.0 Å². The number of aryl methyl sites for hydroxylation is 1. The number of aromatic nitrogens is 2. The molecule has 3 nitrogen and oxygen atoms in total. The Hall–Kier alpha value is -1.47. The van der Waals surface area contributed by atoms with Gasteiger partial charge in [-0.2, -0.15) is 13.2 Å². The van der Waals surface area contributed by atoms with Crippen molar-refractivity contribution in [1.29, 1.82) is 0 Å². The predicted molar refractivity (Wildman–Crippen MR) is 64.5 cm³/mol. The first-order valence-corrected chi connectivity index (χ1v) is 6.25. The lowest BCUT2D eigenvalue weighted by Crippen LogP contribution is -2.10. The average molecular weight is 307 g/mol. The molecule has 0 amide bonds. The van der Waals surface area contributed by atoms with Crippen LogP contribution in [0.4, 0.5) is 13.2 Å². The normalized spacial score (nSPS) is 11.6. The second-order valence-electron chi connectivity index (χ2n) is 3.63. The molecule has 100 valence electrons. The van der Waals surface area contributed by atoms with Crippen LogP contribution in [-0.2, 0) is 6.18 Å². The summed E-state index contributed by atoms with van der Waals surface area (Å²) in [6.45, 7) is 1.63. The monoisotopic (exact) mass is 306 g/mol. The Labute approximate surface area is 115 Å². The smallest absolute Gasteiger partial charge is 0.288 e. The summed E-state index contributed by atoms with van der Waals surface area (Å²) >= 11 is 6.75. The third-order valence-corrected chi connectivity index (χ3v) is 3.55. The summed E-state index contributed by atoms with van der Waals surface area (Å²) in [6, 6.07) is 1.76. The van der Waals surface area contributed by atoms with Crippen LogP contribution in [0, 0.1) is 6.92 Å². The van der Waals surface area contributed by atoms with Crippen molar-refractivity contribution in [2.45, 2.75) is 13.1 Å². The van der Waals surface area contributed by atoms with E-state index in [2.05, 4.69) is 9.97 Å². The quantitative estimate of drug-likeness (QED) is 0.627. The Bertz CT molecular complexity index is 639. The highest BCUT2D eigenvalue weighted by atomic mass is 35.5. The average Bonchev–Trinajstić information content (AvgIpc) is 2.73. The van der Waals surface area contributed by atoms with Crippen molar-refractivity contribution in [3.05, 3.63) is 44.6 Å². The van der Waals surface area contributed by atoms with Gasteiger partial charge in [0.2, 0.25) is 5.78 Å². The van der Waals surface area contributed by atoms with Crippen LogP contribution in [0.25, 0.3) is 0 Å². The lowest BCUT2D eigenvalue weighted by molar-refractivity contribution is -0.141. The van der Waals surface area contributed by atoms with E-state index in [0.717, 1.165) is 23.5 Å². The maximum Gasteiger partial charge on any atom is 0.433 e. The number of alkyl halides is 3. The zero-order valence-corrected chi connectivity index (χ0v) is 11.0. The van der Waals surface area contributed by atoms with Gasteiger partial charge in [0.05, 0.1) is 21.6 Å². The highest BCUT2D eigenvalue weighted by Crippen LogP contribution is 2.30. The highest BCUT2D eigenvalue weighted by molar-refractivity contribution is 7.12. The molecule has 0 atom stereocenters. The standard InChI is InChI=1S/C11H6ClF3N2OS/c1-5-9(19-4-16-5)8(18)6-2-3-7(11(13,14)15)17-10(6)12/h2-4H,1H3. The van der Waals surface area contributed by atoms with Crippen LogP contribution in [0.3, 0.4) is 0 Å². The van der Waals surface area contributed by atoms with Crippen LogP contribution in [0.1, 0.15) is 26.6 Å². The summed E-state index contributed by atoms with van der Waals surface area (Å²) in [5, 5.41) is -0.465. The van der Waals surface area contributed by atoms with Gasteiger partial charge in [-0.25, -0.2) is 9.97 Å². The van der Waals surface area contributed by atoms with Crippen molar-refractivity contribution >= 4 is 28.7 Å². The van der Waals surface area contributed by atoms with E-state index in [1.54, 1.807) is 6.92 Å². The van der Waals surface area contributed by atoms with E-state index >= 15 is 0 Å². The Morgan fingerprint density at radius 3 is 2.53 bits per heavy atom. The number of carbonyl (C=O) groups excluding carboxylic acids is 1. The summed E-state index contributed by atoms with van der Waals surface area (Å²) in [5.41, 5.74) is 0.789. The van der Waals surface area contributed by atoms with Crippen molar-refractivity contribution in [2.24, 2.45) is 0 Å². The molecule has 0 bridgehead atoms. The van der Waals surface area contributed by atoms with Crippen molar-refractivity contribution in [1.82, 2.24) is 9.97 Å². The van der Waals surface area contributed by atoms with Crippen LogP contribution in [0.15, 0.2) is 17.6 Å². The van der Waals surface area contributed by atoms with E-state index in [-0.39, 0.29) is 5.56 Å². The molecule has 0 aliphatic rings. The number of pyridine rings is 1. The van der Waals surface area contributed by atoms with Gasteiger partial charge in [-0.05, 0) is 19.1 Å². The van der Waals surface area contributed by atoms with Crippen LogP contribution in [-0.4, -0.2) is 15.8 Å². The minimum absolute atomic E-state index is 0.0676. The third kappa shape index (κ3) is 2.76. The SMILES string of the molecule is Cc1ncsc1C(=O)c1ccc(C(F)(F)F)nc1Cl. The summed E-state index contributed by atoms with van der Waals surface area (Å²) in [6.07, 6.45) is -4.59. The van der Waals surface area contributed by atoms with Gasteiger partial charge < -0.3 is 0 Å². The van der Waals surface area contributed by atoms with E-state index in [1.807, 2.05) is 0 Å². The summed E-state index contributed by atoms with van der Waals surface area (Å²) in [4.78, 5) is 19.5. The molecule has 0 saturated carbocycles. The molecule has 2 aromatic heterocycles. The van der Waals surface area contributed by atoms with Crippen LogP contribution < -0.4 is 0 Å². The first-order valence-electron chi connectivity index (χ1n) is 4.99. The molecule has 0 aliphatic carbocycles. The largest absolute Gasteiger partial charge is 0.433 e. The van der Waals surface area contributed by atoms with E-state index in [0.29, 0.717) is 10.6 Å². The van der Waals surface area contributed by atoms with Crippen LogP contribution in [0.2, 0.25) is 5.15 Å². The van der Waals surface area contributed by atoms with Gasteiger partial charge in [0, 0.05) is 0 Å². The van der Waals surface area contributed by atoms with Gasteiger partial charge >= 0.3 is 6.18 Å². The topological polar surface area (TPSA) is 42.9 Å². The predicted octanol–water partition coefficient (Wildman–Crippen LogP) is 3.75. The minimum atomic E-state index is -4.59. The molecule has 0 aliphatic heterocycles. The van der Waals surface area contributed by atoms with E-state index in [9.17, 15) is 18.0 Å². The summed E-state index contributed by atoms with van der Waals surface area (Å²) in [5.74, 6) is -0.480. The van der Waals surface area contributed by atoms with Crippen molar-refractivity contribution in [3.63, 3.8) is 0 Å². The number of rotatable bonds is 2. The Kier molecular flexibility index (Phi) is 3.60. The lowest BCUT2D eigenvalue weighted by Gasteiger charge is -2.07. The Morgan fingerprint density at radius 2 is 2.05 bits per heavy atom. The van der Waals surface area contributed by atoms with E-state index in [1.165, 1.54) is 5.51 Å². The zero-order valence-electron chi connectivity index (χ0n) is 9.45. The molecule has 8 heteroatoms. The lowest BCUT2D eigenvalue weighted by atomic mass is 10.1. The van der Waals surface area contributed by atoms with Gasteiger partial charge in [-0.3, -0.25) is 4.79 Å². The fourth-order valence-corrected chi connectivity index (χ4v) is 2.40. The molecule has 0 fully saturated rings. The van der Waals surface area contributed by atoms with Gasteiger partial charge in [0.1, 0.15) is 10.8 Å². The Balaban J connectivity index is 2.43. The van der Waals surface area contributed by atoms with Gasteiger partial charge in [0.25, 0.3) is 0 Å². The fraction of sp³-hybridized carbons (Fsp3) is 0.182. The van der Waals surface area contributed by atoms with Crippen LogP contribution >= 0.6 is 22.9 Å². The maximum atomic E-state index is 12.4. The number of thiazole rings is 1. The molecular formula is C11H6ClF3N2OS. The third-order valence-electron chi connectivity index (χ3n) is 2.34. The molecule has 0 unspecified atom stereocenters. The second-order valence-corrected chi connectivity index (χ2v) is 4.84. The van der Waals surface area contributed by atoms with E-state index in [4.69, 9.17) is 11.6 Å². The molecule has 0 saturated heterocycles. The molecule has 0 N–H and O–H groups in total. The van der Waals surface area contributed by atoms with Gasteiger partial charge in [-0.1, -0.05) is 11.6 Å². The molecule has 0 aromatic carbocycles. The van der Waals surface area contributed by atoms with Crippen molar-refractivity contribution in [2.75, 3.05) is 0 Å². The fourth-order valence-electron chi connectivity index (χ4n) is 1.40. The first-order chi connectivity index (χ1) is 8.80. The number of nitrogens with zero attached hydrogens (tertiary/aromatic N) is 2. The molecule has 0 spiro atoms. The molecule has 19 heavy (non-hydrogen) atoms. The highest BCUT2D eigenvalue weighted by Gasteiger charge is 2.33. The maximum absolute atomic E-state index is 12.4. The minimum Gasteiger partial charge on any atom is -0.288 e. The number of halogens is 4. The molecular weight excluding hydrogens is 301 g/mol. The molecule has 2 rings (SSSR count). The van der Waals surface area contributed by atoms with Crippen molar-refractivity contribution in [3.8, 4) is 0 Å². The second kappa shape index (κ2) is 4.90. The van der Waals surface area contributed by atoms with Gasteiger partial charge in [-0.15, -0.1) is 11.3 Å². The Morgan fingerprint density at radius 1 is 1.37 bits per heavy atom. The zero-order chi connectivity index (χ0) is 14.2. The molecule has 2 aromatic rings. The van der Waals surface area contributed by atoms with Gasteiger partial charge in [0.15, 0.2) is 0 Å². The number of hydrogen-bond acceptors (Lipinski definition) is 4. The summed E-state index contributed by atoms with van der Waals surface area (Å²) in [7, 11) is 0. The molecule has 2 heterocycles. The number of hydrogen-bond donors (Lipinski definition) is 0. The first kappa shape index (κ1) is 14.0. The summed E-state index contributed by atoms with van der Waals surface area (Å²) < 4.78 is 37.3. The molecule has 0 radical (unpaired) electrons. The van der Waals surface area contributed by atoms with E-state index < -0.39 is 22.8 Å².